The third-order valence-electron chi connectivity index (χ3n) is 27.4. The molecule has 16 rings (SSSR count). The van der Waals surface area contributed by atoms with Gasteiger partial charge < -0.3 is 71.3 Å². The molecule has 0 radical (unpaired) electrons. The number of hydrogen-bond acceptors (Lipinski definition) is 22. The number of carbonyl (C=O) groups is 8. The van der Waals surface area contributed by atoms with Crippen molar-refractivity contribution in [3.05, 3.63) is 235 Å². The van der Waals surface area contributed by atoms with E-state index in [1.54, 1.807) is 134 Å². The van der Waals surface area contributed by atoms with Gasteiger partial charge in [0.05, 0.1) is 56.8 Å². The number of nitrogens with zero attached hydrogens (tertiary/aromatic N) is 10. The first kappa shape index (κ1) is 102. The fraction of sp³-hybridized carbons (Fsp3) is 0.472. The number of anilines is 10. The van der Waals surface area contributed by atoms with Gasteiger partial charge in [-0.25, -0.2) is 36.7 Å². The van der Waals surface area contributed by atoms with Crippen LogP contribution < -0.4 is 52.3 Å². The molecule has 8 atom stereocenters. The topological polar surface area (TPSA) is 386 Å². The van der Waals surface area contributed by atoms with Crippen LogP contribution in [0.3, 0.4) is 0 Å². The predicted octanol–water partition coefficient (Wildman–Crippen LogP) is 21.2. The van der Waals surface area contributed by atoms with Gasteiger partial charge in [0.2, 0.25) is 23.6 Å². The molecule has 8 aromatic rings. The molecule has 0 unspecified atom stereocenters. The molecule has 8 saturated heterocycles. The summed E-state index contributed by atoms with van der Waals surface area (Å²) in [4.78, 5) is 143. The maximum absolute atomic E-state index is 16.7. The number of rotatable bonds is 20. The number of nitro groups is 2. The third kappa shape index (κ3) is 23.8. The van der Waals surface area contributed by atoms with Crippen LogP contribution in [-0.2, 0) is 38.1 Å². The Hall–Kier alpha value is -14.0. The van der Waals surface area contributed by atoms with Crippen LogP contribution in [0.1, 0.15) is 255 Å². The molecule has 8 aromatic carbocycles. The van der Waals surface area contributed by atoms with E-state index in [1.807, 2.05) is 65.6 Å². The Kier molecular flexibility index (Phi) is 30.6. The second kappa shape index (κ2) is 42.5. The minimum Gasteiger partial charge on any atom is -0.444 e. The highest BCUT2D eigenvalue weighted by Crippen LogP contribution is 2.53. The summed E-state index contributed by atoms with van der Waals surface area (Å²) in [7, 11) is 0. The molecule has 8 aliphatic heterocycles. The van der Waals surface area contributed by atoms with Crippen molar-refractivity contribution in [3.8, 4) is 0 Å². The standard InChI is InChI=1S/C53H62F2N8O10.C53H66F2N8O6/c1-52(2,3)72-50(66)59-24-10-14-43(59)48(64)56-39-18-16-34(28-45(39)62(68)69)41-20-21-42(61(41)36-30-37(54)47(38(55)31-36)58-26-22-33(23-27-58)32-12-8-7-9-13-32)35-17-19-40(46(29-35)63(70)71)57-49(65)44-15-11-25-60(44)51(67)73-53(4,5)6;1-52(2,3)68-50(66)61-24-10-14-45(61)48(64)58-41-18-16-34(28-39(41)56)43-20-21-44(35-17-19-42(40(57)29-35)59-49(65)46-15-11-25-62(46)51(67)69-53(4,5)6)63(43)36-30-37(54)47(38(55)31-36)60-26-22-33(23-27-60)32-12-8-7-9-13-32/h7-9,12-13,16-19,28-31,33,41-44H,10-11,14-15,20-27H2,1-6H3,(H,56,64)(H,57,65);7-9,12-13,16-19,28-31,33,43-46H,10-11,14-15,20-27,56-57H2,1-6H3,(H,58,64)(H,59,65)/t41-,42-,43+,44+;43-,44-,45+,46+/m11/s1. The molecule has 0 saturated carbocycles. The van der Waals surface area contributed by atoms with Gasteiger partial charge in [-0.3, -0.25) is 59.0 Å². The number of hydrogen-bond donors (Lipinski definition) is 6. The van der Waals surface area contributed by atoms with Gasteiger partial charge in [0.25, 0.3) is 11.4 Å². The van der Waals surface area contributed by atoms with Gasteiger partial charge in [-0.05, 0) is 292 Å². The lowest BCUT2D eigenvalue weighted by Gasteiger charge is -2.36. The molecule has 142 heavy (non-hydrogen) atoms. The number of nitrogens with two attached hydrogens (primary N) is 2. The zero-order chi connectivity index (χ0) is 102. The SMILES string of the molecule is CC(C)(C)OC(=O)N1CCC[C@H]1C(=O)Nc1ccc([C@H]2CC[C@H](c3ccc(NC(=O)[C@@H]4CCCN4C(=O)OC(C)(C)C)c(N)c3)N2c2cc(F)c(N3CCC(c4ccccc4)CC3)c(F)c2)cc1N.CC(C)(C)OC(=O)N1CCC[C@H]1C(=O)Nc1ccc([C@H]2CC[C@H](c3ccc(NC(=O)[C@@H]4CCCN4C(=O)OC(C)(C)C)c([N+](=O)[O-])c3)N2c2cc(F)c(N3CCC(c4ccccc4)CC3)c(F)c2)cc1[N+](=O)[O-]. The Labute approximate surface area is 824 Å². The molecular formula is C106H128F4N16O16. The Bertz CT molecular complexity index is 5760. The fourth-order valence-electron chi connectivity index (χ4n) is 21.0. The summed E-state index contributed by atoms with van der Waals surface area (Å²) >= 11 is 0. The van der Waals surface area contributed by atoms with Gasteiger partial charge in [0.15, 0.2) is 23.3 Å². The molecular weight excluding hydrogens is 1830 g/mol. The molecule has 0 aromatic heterocycles. The molecule has 0 spiro atoms. The Morgan fingerprint density at radius 2 is 0.570 bits per heavy atom. The molecule has 0 aliphatic carbocycles. The Morgan fingerprint density at radius 3 is 0.817 bits per heavy atom. The summed E-state index contributed by atoms with van der Waals surface area (Å²) in [5.74, 6) is -4.48. The van der Waals surface area contributed by atoms with Crippen molar-refractivity contribution in [1.29, 1.82) is 0 Å². The van der Waals surface area contributed by atoms with E-state index in [2.05, 4.69) is 33.4 Å². The highest BCUT2D eigenvalue weighted by molar-refractivity contribution is 6.02. The predicted molar refractivity (Wildman–Crippen MR) is 535 cm³/mol. The quantitative estimate of drug-likeness (QED) is 0.0136. The lowest BCUT2D eigenvalue weighted by atomic mass is 9.89. The maximum atomic E-state index is 16.7. The number of halogens is 4. The first-order chi connectivity index (χ1) is 67.3. The molecule has 756 valence electrons. The lowest BCUT2D eigenvalue weighted by Crippen LogP contribution is -2.45. The van der Waals surface area contributed by atoms with Gasteiger partial charge >= 0.3 is 24.4 Å². The summed E-state index contributed by atoms with van der Waals surface area (Å²) in [5, 5.41) is 36.7. The summed E-state index contributed by atoms with van der Waals surface area (Å²) in [6, 6.07) is 38.8. The van der Waals surface area contributed by atoms with Crippen molar-refractivity contribution in [2.24, 2.45) is 0 Å². The van der Waals surface area contributed by atoms with Crippen molar-refractivity contribution in [2.75, 3.05) is 105 Å². The van der Waals surface area contributed by atoms with Gasteiger partial charge in [-0.2, -0.15) is 0 Å². The average molecular weight is 1960 g/mol. The van der Waals surface area contributed by atoms with E-state index in [9.17, 15) is 58.6 Å². The van der Waals surface area contributed by atoms with Crippen molar-refractivity contribution in [2.45, 2.75) is 268 Å². The maximum Gasteiger partial charge on any atom is 0.410 e. The normalized spacial score (nSPS) is 20.8. The zero-order valence-electron chi connectivity index (χ0n) is 82.4. The number of piperidine rings is 2. The number of carbonyl (C=O) groups excluding carboxylic acids is 8. The van der Waals surface area contributed by atoms with Gasteiger partial charge in [-0.1, -0.05) is 84.9 Å². The van der Waals surface area contributed by atoms with Crippen LogP contribution in [-0.4, -0.2) is 176 Å². The monoisotopic (exact) mass is 1960 g/mol. The van der Waals surface area contributed by atoms with E-state index in [0.29, 0.717) is 150 Å². The molecule has 8 N–H and O–H groups in total. The van der Waals surface area contributed by atoms with Crippen molar-refractivity contribution in [3.63, 3.8) is 0 Å². The van der Waals surface area contributed by atoms with Crippen LogP contribution in [0.15, 0.2) is 158 Å². The number of benzene rings is 8. The van der Waals surface area contributed by atoms with Crippen LogP contribution in [0, 0.1) is 43.5 Å². The first-order valence-electron chi connectivity index (χ1n) is 49.0. The second-order valence-electron chi connectivity index (χ2n) is 41.9. The average Bonchev–Trinajstić information content (AvgIpc) is 1.59. The number of nitro benzene ring substituents is 2. The Balaban J connectivity index is 0.000000215. The molecule has 32 nitrogen and oxygen atoms in total. The summed E-state index contributed by atoms with van der Waals surface area (Å²) in [5.41, 5.74) is 15.2. The van der Waals surface area contributed by atoms with Crippen molar-refractivity contribution < 1.29 is 84.7 Å². The minimum absolute atomic E-state index is 0.0498. The molecule has 8 aliphatic rings. The number of ether oxygens (including phenoxy) is 4. The van der Waals surface area contributed by atoms with Gasteiger partial charge in [0, 0.05) is 75.9 Å². The highest BCUT2D eigenvalue weighted by atomic mass is 19.1. The summed E-state index contributed by atoms with van der Waals surface area (Å²) in [6.45, 7) is 24.0. The van der Waals surface area contributed by atoms with Crippen molar-refractivity contribution >= 4 is 116 Å². The van der Waals surface area contributed by atoms with Crippen LogP contribution >= 0.6 is 0 Å². The van der Waals surface area contributed by atoms with E-state index < -0.39 is 151 Å². The number of nitrogens with one attached hydrogen (secondary N) is 4. The smallest absolute Gasteiger partial charge is 0.410 e. The van der Waals surface area contributed by atoms with Crippen LogP contribution in [0.5, 0.6) is 0 Å². The van der Waals surface area contributed by atoms with Crippen LogP contribution in [0.2, 0.25) is 0 Å². The highest BCUT2D eigenvalue weighted by Gasteiger charge is 2.46. The molecule has 8 heterocycles. The fourth-order valence-corrected chi connectivity index (χ4v) is 21.0. The molecule has 8 fully saturated rings. The first-order valence-corrected chi connectivity index (χ1v) is 49.0. The van der Waals surface area contributed by atoms with Crippen LogP contribution in [0.4, 0.5) is 105 Å². The molecule has 36 heteroatoms. The second-order valence-corrected chi connectivity index (χ2v) is 41.9. The zero-order valence-corrected chi connectivity index (χ0v) is 82.4. The van der Waals surface area contributed by atoms with Crippen LogP contribution in [0.25, 0.3) is 0 Å². The number of nitrogen functional groups attached to an aromatic ring is 2. The summed E-state index contributed by atoms with van der Waals surface area (Å²) < 4.78 is 88.6. The largest absolute Gasteiger partial charge is 0.444 e. The van der Waals surface area contributed by atoms with E-state index in [0.717, 1.165) is 29.5 Å². The van der Waals surface area contributed by atoms with Gasteiger partial charge in [0.1, 0.15) is 69.3 Å². The van der Waals surface area contributed by atoms with E-state index in [1.165, 1.54) is 73.7 Å². The third-order valence-corrected chi connectivity index (χ3v) is 27.4. The lowest BCUT2D eigenvalue weighted by molar-refractivity contribution is -0.384. The van der Waals surface area contributed by atoms with E-state index >= 15 is 17.6 Å². The minimum atomic E-state index is -0.943. The van der Waals surface area contributed by atoms with Gasteiger partial charge in [-0.15, -0.1) is 0 Å². The molecule has 0 bridgehead atoms. The number of likely N-dealkylation sites (tertiary alicyclic amines) is 4. The van der Waals surface area contributed by atoms with Crippen molar-refractivity contribution in [1.82, 2.24) is 19.6 Å². The summed E-state index contributed by atoms with van der Waals surface area (Å²) in [6.07, 6.45) is 6.01. The Morgan fingerprint density at radius 1 is 0.324 bits per heavy atom. The van der Waals surface area contributed by atoms with E-state index in [-0.39, 0.29) is 83.5 Å². The van der Waals surface area contributed by atoms with E-state index in [4.69, 9.17) is 30.4 Å². The number of amides is 8. The molecule has 8 amide bonds.